The van der Waals surface area contributed by atoms with Crippen LogP contribution < -0.4 is 0 Å². The van der Waals surface area contributed by atoms with Gasteiger partial charge in [0.2, 0.25) is 0 Å². The standard InChI is InChI=1S/C16H21N/c1-5-13(4)17-10-9-14-7-6-8-15(12(2)3)16(14)11-17/h5-8,12H,1,4,9-11H2,2-3H3. The van der Waals surface area contributed by atoms with Gasteiger partial charge in [-0.2, -0.15) is 0 Å². The predicted octanol–water partition coefficient (Wildman–Crippen LogP) is 3.87. The van der Waals surface area contributed by atoms with E-state index in [1.807, 2.05) is 6.08 Å². The number of allylic oxidation sites excluding steroid dienone is 1. The van der Waals surface area contributed by atoms with Crippen LogP contribution in [-0.4, -0.2) is 11.4 Å². The summed E-state index contributed by atoms with van der Waals surface area (Å²) >= 11 is 0. The molecule has 0 aromatic heterocycles. The van der Waals surface area contributed by atoms with Gasteiger partial charge in [0.1, 0.15) is 0 Å². The van der Waals surface area contributed by atoms with Gasteiger partial charge in [-0.3, -0.25) is 0 Å². The minimum absolute atomic E-state index is 0.585. The van der Waals surface area contributed by atoms with Crippen molar-refractivity contribution in [2.24, 2.45) is 0 Å². The van der Waals surface area contributed by atoms with Crippen molar-refractivity contribution in [2.75, 3.05) is 6.54 Å². The summed E-state index contributed by atoms with van der Waals surface area (Å²) in [5.41, 5.74) is 5.51. The summed E-state index contributed by atoms with van der Waals surface area (Å²) in [5.74, 6) is 0.585. The molecule has 0 spiro atoms. The van der Waals surface area contributed by atoms with E-state index >= 15 is 0 Å². The third-order valence-electron chi connectivity index (χ3n) is 3.57. The average Bonchev–Trinajstić information content (AvgIpc) is 2.36. The van der Waals surface area contributed by atoms with Crippen molar-refractivity contribution in [3.05, 3.63) is 59.8 Å². The van der Waals surface area contributed by atoms with Crippen molar-refractivity contribution < 1.29 is 0 Å². The fourth-order valence-corrected chi connectivity index (χ4v) is 2.52. The average molecular weight is 227 g/mol. The molecule has 0 atom stereocenters. The molecule has 0 aliphatic carbocycles. The van der Waals surface area contributed by atoms with E-state index in [1.54, 1.807) is 0 Å². The maximum Gasteiger partial charge on any atom is 0.0434 e. The van der Waals surface area contributed by atoms with E-state index in [0.29, 0.717) is 5.92 Å². The van der Waals surface area contributed by atoms with Gasteiger partial charge in [0.15, 0.2) is 0 Å². The van der Waals surface area contributed by atoms with Gasteiger partial charge in [-0.05, 0) is 35.1 Å². The lowest BCUT2D eigenvalue weighted by atomic mass is 9.89. The Labute approximate surface area is 104 Å². The SMILES string of the molecule is C=CC(=C)N1CCc2cccc(C(C)C)c2C1. The first kappa shape index (κ1) is 12.0. The first-order valence-electron chi connectivity index (χ1n) is 6.30. The molecule has 1 aromatic rings. The third-order valence-corrected chi connectivity index (χ3v) is 3.57. The van der Waals surface area contributed by atoms with Crippen LogP contribution in [-0.2, 0) is 13.0 Å². The molecule has 0 bridgehead atoms. The van der Waals surface area contributed by atoms with Crippen LogP contribution in [0, 0.1) is 0 Å². The van der Waals surface area contributed by atoms with Crippen LogP contribution in [0.25, 0.3) is 0 Å². The summed E-state index contributed by atoms with van der Waals surface area (Å²) in [4.78, 5) is 2.32. The number of hydrogen-bond acceptors (Lipinski definition) is 1. The summed E-state index contributed by atoms with van der Waals surface area (Å²) in [5, 5.41) is 0. The molecule has 1 nitrogen and oxygen atoms in total. The second kappa shape index (κ2) is 4.79. The van der Waals surface area contributed by atoms with E-state index in [1.165, 1.54) is 16.7 Å². The van der Waals surface area contributed by atoms with Crippen LogP contribution in [0.2, 0.25) is 0 Å². The quantitative estimate of drug-likeness (QED) is 0.709. The first-order valence-corrected chi connectivity index (χ1v) is 6.30. The molecule has 90 valence electrons. The minimum Gasteiger partial charge on any atom is -0.367 e. The summed E-state index contributed by atoms with van der Waals surface area (Å²) in [6.45, 7) is 14.4. The Hall–Kier alpha value is -1.50. The molecule has 0 amide bonds. The fourth-order valence-electron chi connectivity index (χ4n) is 2.52. The fraction of sp³-hybridized carbons (Fsp3) is 0.375. The second-order valence-electron chi connectivity index (χ2n) is 5.01. The smallest absolute Gasteiger partial charge is 0.0434 e. The Balaban J connectivity index is 2.35. The molecule has 0 radical (unpaired) electrons. The summed E-state index contributed by atoms with van der Waals surface area (Å²) in [6, 6.07) is 6.70. The van der Waals surface area contributed by atoms with Gasteiger partial charge < -0.3 is 4.90 Å². The molecule has 1 heteroatoms. The Kier molecular flexibility index (Phi) is 3.37. The van der Waals surface area contributed by atoms with Crippen molar-refractivity contribution in [3.63, 3.8) is 0 Å². The van der Waals surface area contributed by atoms with Gasteiger partial charge in [0.05, 0.1) is 0 Å². The Morgan fingerprint density at radius 3 is 2.82 bits per heavy atom. The summed E-state index contributed by atoms with van der Waals surface area (Å²) in [6.07, 6.45) is 2.96. The predicted molar refractivity (Wildman–Crippen MR) is 74.0 cm³/mol. The summed E-state index contributed by atoms with van der Waals surface area (Å²) in [7, 11) is 0. The zero-order valence-electron chi connectivity index (χ0n) is 10.9. The Morgan fingerprint density at radius 1 is 1.41 bits per heavy atom. The van der Waals surface area contributed by atoms with Crippen molar-refractivity contribution >= 4 is 0 Å². The van der Waals surface area contributed by atoms with Crippen molar-refractivity contribution in [1.82, 2.24) is 4.90 Å². The van der Waals surface area contributed by atoms with E-state index in [2.05, 4.69) is 50.1 Å². The molecule has 1 aromatic carbocycles. The maximum atomic E-state index is 4.05. The van der Waals surface area contributed by atoms with E-state index in [4.69, 9.17) is 0 Å². The van der Waals surface area contributed by atoms with Gasteiger partial charge in [-0.15, -0.1) is 0 Å². The number of benzene rings is 1. The molecule has 1 heterocycles. The number of hydrogen-bond donors (Lipinski definition) is 0. The monoisotopic (exact) mass is 227 g/mol. The molecular formula is C16H21N. The highest BCUT2D eigenvalue weighted by Crippen LogP contribution is 2.28. The molecule has 0 unspecified atom stereocenters. The third kappa shape index (κ3) is 2.28. The van der Waals surface area contributed by atoms with Crippen molar-refractivity contribution in [3.8, 4) is 0 Å². The van der Waals surface area contributed by atoms with Crippen LogP contribution in [0.15, 0.2) is 43.1 Å². The second-order valence-corrected chi connectivity index (χ2v) is 5.01. The number of fused-ring (bicyclic) bond motifs is 1. The van der Waals surface area contributed by atoms with Crippen LogP contribution in [0.5, 0.6) is 0 Å². The van der Waals surface area contributed by atoms with Crippen LogP contribution >= 0.6 is 0 Å². The largest absolute Gasteiger partial charge is 0.367 e. The van der Waals surface area contributed by atoms with E-state index in [-0.39, 0.29) is 0 Å². The summed E-state index contributed by atoms with van der Waals surface area (Å²) < 4.78 is 0. The molecule has 2 rings (SSSR count). The molecule has 0 fully saturated rings. The molecule has 0 saturated heterocycles. The van der Waals surface area contributed by atoms with Gasteiger partial charge in [0, 0.05) is 18.8 Å². The Morgan fingerprint density at radius 2 is 2.18 bits per heavy atom. The number of nitrogens with zero attached hydrogens (tertiary/aromatic N) is 1. The van der Waals surface area contributed by atoms with Crippen molar-refractivity contribution in [2.45, 2.75) is 32.7 Å². The van der Waals surface area contributed by atoms with Crippen LogP contribution in [0.4, 0.5) is 0 Å². The van der Waals surface area contributed by atoms with Gasteiger partial charge in [-0.1, -0.05) is 45.2 Å². The van der Waals surface area contributed by atoms with E-state index in [9.17, 15) is 0 Å². The maximum absolute atomic E-state index is 4.05. The van der Waals surface area contributed by atoms with Gasteiger partial charge >= 0.3 is 0 Å². The molecule has 17 heavy (non-hydrogen) atoms. The van der Waals surface area contributed by atoms with E-state index < -0.39 is 0 Å². The molecular weight excluding hydrogens is 206 g/mol. The van der Waals surface area contributed by atoms with Gasteiger partial charge in [-0.25, -0.2) is 0 Å². The van der Waals surface area contributed by atoms with Gasteiger partial charge in [0.25, 0.3) is 0 Å². The highest BCUT2D eigenvalue weighted by atomic mass is 15.1. The lowest BCUT2D eigenvalue weighted by molar-refractivity contribution is 0.331. The Bertz CT molecular complexity index is 443. The van der Waals surface area contributed by atoms with E-state index in [0.717, 1.165) is 25.2 Å². The topological polar surface area (TPSA) is 3.24 Å². The number of rotatable bonds is 3. The lowest BCUT2D eigenvalue weighted by Gasteiger charge is -2.33. The minimum atomic E-state index is 0.585. The van der Waals surface area contributed by atoms with Crippen LogP contribution in [0.1, 0.15) is 36.5 Å². The molecule has 0 N–H and O–H groups in total. The molecule has 1 aliphatic heterocycles. The normalized spacial score (nSPS) is 14.6. The zero-order chi connectivity index (χ0) is 12.4. The lowest BCUT2D eigenvalue weighted by Crippen LogP contribution is -2.29. The van der Waals surface area contributed by atoms with Crippen LogP contribution in [0.3, 0.4) is 0 Å². The highest BCUT2D eigenvalue weighted by molar-refractivity contribution is 5.39. The first-order chi connectivity index (χ1) is 8.13. The zero-order valence-corrected chi connectivity index (χ0v) is 10.9. The molecule has 1 aliphatic rings. The van der Waals surface area contributed by atoms with Crippen molar-refractivity contribution in [1.29, 1.82) is 0 Å². The molecule has 0 saturated carbocycles. The highest BCUT2D eigenvalue weighted by Gasteiger charge is 2.19.